The van der Waals surface area contributed by atoms with E-state index < -0.39 is 0 Å². The van der Waals surface area contributed by atoms with Gasteiger partial charge in [-0.1, -0.05) is 36.4 Å². The molecule has 0 aliphatic carbocycles. The molecule has 2 amide bonds. The molecule has 3 aromatic carbocycles. The SMILES string of the molecule is CCn1c2ccccc2c2c3c(c4c5ccccc5[nH]c4c21)C(=O)N(CCO)C3=O. The van der Waals surface area contributed by atoms with Gasteiger partial charge in [-0.2, -0.15) is 0 Å². The van der Waals surface area contributed by atoms with Crippen molar-refractivity contribution in [2.24, 2.45) is 0 Å². The fraction of sp³-hybridized carbons (Fsp3) is 0.167. The van der Waals surface area contributed by atoms with Crippen LogP contribution in [0.25, 0.3) is 43.6 Å². The molecule has 6 heteroatoms. The van der Waals surface area contributed by atoms with Crippen LogP contribution in [0, 0.1) is 0 Å². The van der Waals surface area contributed by atoms with Gasteiger partial charge in [0.1, 0.15) is 0 Å². The number of β-amino-alcohol motifs (C(OH)–C–C–N with tert-alkyl or cyclic N) is 1. The predicted octanol–water partition coefficient (Wildman–Crippen LogP) is 4.04. The van der Waals surface area contributed by atoms with Gasteiger partial charge in [0.25, 0.3) is 11.8 Å². The summed E-state index contributed by atoms with van der Waals surface area (Å²) in [4.78, 5) is 31.5. The minimum Gasteiger partial charge on any atom is -0.395 e. The molecule has 5 aromatic rings. The Bertz CT molecular complexity index is 1540. The Morgan fingerprint density at radius 3 is 2.30 bits per heavy atom. The minimum absolute atomic E-state index is 0.00981. The summed E-state index contributed by atoms with van der Waals surface area (Å²) in [6, 6.07) is 15.9. The average Bonchev–Trinajstić information content (AvgIpc) is 3.38. The number of benzene rings is 3. The first-order valence-corrected chi connectivity index (χ1v) is 10.1. The van der Waals surface area contributed by atoms with Crippen LogP contribution in [0.5, 0.6) is 0 Å². The molecule has 2 aromatic heterocycles. The van der Waals surface area contributed by atoms with E-state index in [1.54, 1.807) is 0 Å². The summed E-state index contributed by atoms with van der Waals surface area (Å²) in [6.07, 6.45) is 0. The van der Waals surface area contributed by atoms with Crippen LogP contribution in [0.2, 0.25) is 0 Å². The standard InChI is InChI=1S/C24H19N3O3/c1-2-26-16-10-6-4-8-14(16)18-20-19(23(29)27(11-12-28)24(20)30)17-13-7-3-5-9-15(13)25-21(17)22(18)26/h3-10,25,28H,2,11-12H2,1H3. The lowest BCUT2D eigenvalue weighted by Crippen LogP contribution is -2.32. The van der Waals surface area contributed by atoms with Gasteiger partial charge in [-0.05, 0) is 19.1 Å². The van der Waals surface area contributed by atoms with E-state index in [1.807, 2.05) is 48.5 Å². The molecule has 0 fully saturated rings. The third-order valence-corrected chi connectivity index (χ3v) is 6.22. The van der Waals surface area contributed by atoms with Crippen LogP contribution in [0.3, 0.4) is 0 Å². The second-order valence-corrected chi connectivity index (χ2v) is 7.64. The Morgan fingerprint density at radius 2 is 1.57 bits per heavy atom. The maximum atomic E-state index is 13.4. The number of carbonyl (C=O) groups is 2. The molecule has 0 bridgehead atoms. The zero-order valence-corrected chi connectivity index (χ0v) is 16.4. The average molecular weight is 397 g/mol. The van der Waals surface area contributed by atoms with E-state index in [4.69, 9.17) is 0 Å². The highest BCUT2D eigenvalue weighted by molar-refractivity contribution is 6.39. The number of nitrogens with zero attached hydrogens (tertiary/aromatic N) is 2. The number of hydrogen-bond donors (Lipinski definition) is 2. The van der Waals surface area contributed by atoms with Crippen molar-refractivity contribution in [3.8, 4) is 0 Å². The Balaban J connectivity index is 1.95. The second-order valence-electron chi connectivity index (χ2n) is 7.64. The maximum Gasteiger partial charge on any atom is 0.262 e. The van der Waals surface area contributed by atoms with Crippen LogP contribution in [-0.4, -0.2) is 44.5 Å². The topological polar surface area (TPSA) is 78.3 Å². The van der Waals surface area contributed by atoms with E-state index in [-0.39, 0.29) is 25.0 Å². The number of aliphatic hydroxyl groups excluding tert-OH is 1. The number of aromatic amines is 1. The molecule has 6 rings (SSSR count). The predicted molar refractivity (Wildman–Crippen MR) is 117 cm³/mol. The molecule has 148 valence electrons. The van der Waals surface area contributed by atoms with Gasteiger partial charge in [-0.3, -0.25) is 14.5 Å². The van der Waals surface area contributed by atoms with E-state index >= 15 is 0 Å². The zero-order chi connectivity index (χ0) is 20.6. The number of hydrogen-bond acceptors (Lipinski definition) is 3. The van der Waals surface area contributed by atoms with Gasteiger partial charge in [0.05, 0.1) is 35.3 Å². The molecule has 0 atom stereocenters. The van der Waals surface area contributed by atoms with Gasteiger partial charge in [0.2, 0.25) is 0 Å². The van der Waals surface area contributed by atoms with Crippen molar-refractivity contribution in [1.82, 2.24) is 14.5 Å². The normalized spacial score (nSPS) is 14.1. The molecular formula is C24H19N3O3. The lowest BCUT2D eigenvalue weighted by Gasteiger charge is -2.10. The van der Waals surface area contributed by atoms with Gasteiger partial charge in [-0.15, -0.1) is 0 Å². The number of carbonyl (C=O) groups excluding carboxylic acids is 2. The quantitative estimate of drug-likeness (QED) is 0.451. The number of aliphatic hydroxyl groups is 1. The Hall–Kier alpha value is -3.64. The molecular weight excluding hydrogens is 378 g/mol. The van der Waals surface area contributed by atoms with Crippen molar-refractivity contribution in [3.05, 3.63) is 59.7 Å². The first-order valence-electron chi connectivity index (χ1n) is 10.1. The summed E-state index contributed by atoms with van der Waals surface area (Å²) in [5.41, 5.74) is 4.65. The highest BCUT2D eigenvalue weighted by Gasteiger charge is 2.40. The van der Waals surface area contributed by atoms with Gasteiger partial charge in [-0.25, -0.2) is 0 Å². The smallest absolute Gasteiger partial charge is 0.262 e. The van der Waals surface area contributed by atoms with Gasteiger partial charge in [0.15, 0.2) is 0 Å². The summed E-state index contributed by atoms with van der Waals surface area (Å²) in [5.74, 6) is -0.672. The van der Waals surface area contributed by atoms with Crippen molar-refractivity contribution >= 4 is 55.4 Å². The summed E-state index contributed by atoms with van der Waals surface area (Å²) >= 11 is 0. The van der Waals surface area contributed by atoms with Crippen LogP contribution < -0.4 is 0 Å². The lowest BCUT2D eigenvalue weighted by molar-refractivity contribution is 0.0625. The molecule has 2 N–H and O–H groups in total. The number of aromatic nitrogens is 2. The van der Waals surface area contributed by atoms with E-state index in [0.717, 1.165) is 50.2 Å². The lowest BCUT2D eigenvalue weighted by atomic mass is 9.97. The molecule has 3 heterocycles. The summed E-state index contributed by atoms with van der Waals surface area (Å²) in [5, 5.41) is 12.9. The van der Waals surface area contributed by atoms with E-state index in [9.17, 15) is 14.7 Å². The fourth-order valence-electron chi connectivity index (χ4n) is 5.07. The zero-order valence-electron chi connectivity index (χ0n) is 16.4. The number of rotatable bonds is 3. The maximum absolute atomic E-state index is 13.4. The molecule has 1 aliphatic rings. The Morgan fingerprint density at radius 1 is 0.900 bits per heavy atom. The molecule has 0 spiro atoms. The molecule has 30 heavy (non-hydrogen) atoms. The monoisotopic (exact) mass is 397 g/mol. The summed E-state index contributed by atoms with van der Waals surface area (Å²) in [7, 11) is 0. The molecule has 1 aliphatic heterocycles. The van der Waals surface area contributed by atoms with Crippen LogP contribution in [0.15, 0.2) is 48.5 Å². The first-order chi connectivity index (χ1) is 14.7. The van der Waals surface area contributed by atoms with Gasteiger partial charge < -0.3 is 14.7 Å². The highest BCUT2D eigenvalue weighted by atomic mass is 16.3. The number of fused-ring (bicyclic) bond motifs is 10. The second kappa shape index (κ2) is 5.93. The van der Waals surface area contributed by atoms with Crippen molar-refractivity contribution in [2.75, 3.05) is 13.2 Å². The Kier molecular flexibility index (Phi) is 3.41. The van der Waals surface area contributed by atoms with Gasteiger partial charge >= 0.3 is 0 Å². The highest BCUT2D eigenvalue weighted by Crippen LogP contribution is 2.44. The molecule has 0 saturated carbocycles. The number of H-pyrrole nitrogens is 1. The third-order valence-electron chi connectivity index (χ3n) is 6.22. The van der Waals surface area contributed by atoms with Crippen LogP contribution in [-0.2, 0) is 6.54 Å². The fourth-order valence-corrected chi connectivity index (χ4v) is 5.07. The molecule has 0 saturated heterocycles. The first kappa shape index (κ1) is 17.2. The minimum atomic E-state index is -0.339. The van der Waals surface area contributed by atoms with E-state index in [1.165, 1.54) is 4.90 Å². The molecule has 6 nitrogen and oxygen atoms in total. The van der Waals surface area contributed by atoms with Crippen molar-refractivity contribution in [3.63, 3.8) is 0 Å². The molecule has 0 unspecified atom stereocenters. The molecule has 0 radical (unpaired) electrons. The van der Waals surface area contributed by atoms with Crippen molar-refractivity contribution in [2.45, 2.75) is 13.5 Å². The van der Waals surface area contributed by atoms with E-state index in [2.05, 4.69) is 16.5 Å². The van der Waals surface area contributed by atoms with E-state index in [0.29, 0.717) is 11.1 Å². The Labute approximate surface area is 171 Å². The summed E-state index contributed by atoms with van der Waals surface area (Å²) in [6.45, 7) is 2.54. The number of aryl methyl sites for hydroxylation is 1. The van der Waals surface area contributed by atoms with Crippen molar-refractivity contribution < 1.29 is 14.7 Å². The van der Waals surface area contributed by atoms with Crippen LogP contribution in [0.4, 0.5) is 0 Å². The van der Waals surface area contributed by atoms with Gasteiger partial charge in [0, 0.05) is 39.1 Å². The van der Waals surface area contributed by atoms with Crippen molar-refractivity contribution in [1.29, 1.82) is 0 Å². The number of para-hydroxylation sites is 2. The number of amides is 2. The number of nitrogens with one attached hydrogen (secondary N) is 1. The van der Waals surface area contributed by atoms with Crippen LogP contribution >= 0.6 is 0 Å². The largest absolute Gasteiger partial charge is 0.395 e. The summed E-state index contributed by atoms with van der Waals surface area (Å²) < 4.78 is 2.20. The van der Waals surface area contributed by atoms with Crippen LogP contribution in [0.1, 0.15) is 27.6 Å². The third kappa shape index (κ3) is 1.91. The number of imide groups is 1.